The first-order chi connectivity index (χ1) is 12.0. The molecule has 0 aliphatic rings. The molecule has 6 nitrogen and oxygen atoms in total. The molecule has 1 aromatic carbocycles. The Bertz CT molecular complexity index is 929. The van der Waals surface area contributed by atoms with Gasteiger partial charge >= 0.3 is 0 Å². The number of rotatable bonds is 5. The van der Waals surface area contributed by atoms with Crippen LogP contribution in [0.2, 0.25) is 0 Å². The number of ether oxygens (including phenoxy) is 1. The maximum Gasteiger partial charge on any atom is 0.270 e. The fourth-order valence-corrected chi connectivity index (χ4v) is 2.82. The molecule has 0 spiro atoms. The standard InChI is InChI=1S/C17H15BrFN3O3/c1-25-13-5-10(4-12(19)7-13)14(9-23)21-17(24)15-8-20-16-6-11(18)2-3-22(15)16/h2-8,14,23H,9H2,1H3,(H,21,24)/t14-/m1/s1. The number of aliphatic hydroxyl groups excluding tert-OH is 1. The molecule has 0 bridgehead atoms. The quantitative estimate of drug-likeness (QED) is 0.681. The number of nitrogens with zero attached hydrogens (tertiary/aromatic N) is 2. The van der Waals surface area contributed by atoms with Crippen LogP contribution < -0.4 is 10.1 Å². The Kier molecular flexibility index (Phi) is 5.00. The second-order valence-corrected chi connectivity index (χ2v) is 6.27. The number of benzene rings is 1. The number of carbonyl (C=O) groups excluding carboxylic acids is 1. The van der Waals surface area contributed by atoms with E-state index in [9.17, 15) is 14.3 Å². The van der Waals surface area contributed by atoms with Gasteiger partial charge in [-0.1, -0.05) is 15.9 Å². The van der Waals surface area contributed by atoms with Gasteiger partial charge in [-0.3, -0.25) is 9.20 Å². The highest BCUT2D eigenvalue weighted by Crippen LogP contribution is 2.22. The minimum absolute atomic E-state index is 0.308. The molecular formula is C17H15BrFN3O3. The van der Waals surface area contributed by atoms with E-state index < -0.39 is 17.8 Å². The van der Waals surface area contributed by atoms with Crippen LogP contribution in [-0.4, -0.2) is 34.1 Å². The molecule has 0 saturated heterocycles. The lowest BCUT2D eigenvalue weighted by Gasteiger charge is -2.17. The predicted molar refractivity (Wildman–Crippen MR) is 93.1 cm³/mol. The van der Waals surface area contributed by atoms with E-state index in [4.69, 9.17) is 4.74 Å². The predicted octanol–water partition coefficient (Wildman–Crippen LogP) is 2.71. The lowest BCUT2D eigenvalue weighted by molar-refractivity contribution is 0.0910. The van der Waals surface area contributed by atoms with Gasteiger partial charge in [-0.15, -0.1) is 0 Å². The van der Waals surface area contributed by atoms with Crippen molar-refractivity contribution in [3.05, 3.63) is 64.3 Å². The van der Waals surface area contributed by atoms with Crippen LogP contribution in [0.3, 0.4) is 0 Å². The summed E-state index contributed by atoms with van der Waals surface area (Å²) in [6.45, 7) is -0.388. The van der Waals surface area contributed by atoms with Gasteiger partial charge in [0.2, 0.25) is 0 Å². The number of aliphatic hydroxyl groups is 1. The zero-order valence-corrected chi connectivity index (χ0v) is 14.8. The number of carbonyl (C=O) groups is 1. The van der Waals surface area contributed by atoms with Crippen LogP contribution in [0.25, 0.3) is 5.65 Å². The maximum atomic E-state index is 13.7. The molecule has 2 heterocycles. The minimum atomic E-state index is -0.780. The summed E-state index contributed by atoms with van der Waals surface area (Å²) in [5, 5.41) is 12.3. The highest BCUT2D eigenvalue weighted by Gasteiger charge is 2.19. The fourth-order valence-electron chi connectivity index (χ4n) is 2.49. The minimum Gasteiger partial charge on any atom is -0.497 e. The van der Waals surface area contributed by atoms with Crippen LogP contribution >= 0.6 is 15.9 Å². The van der Waals surface area contributed by atoms with Gasteiger partial charge < -0.3 is 15.2 Å². The molecule has 0 unspecified atom stereocenters. The van der Waals surface area contributed by atoms with Crippen molar-refractivity contribution in [3.63, 3.8) is 0 Å². The summed E-state index contributed by atoms with van der Waals surface area (Å²) in [4.78, 5) is 16.7. The van der Waals surface area contributed by atoms with Gasteiger partial charge in [-0.05, 0) is 29.8 Å². The Morgan fingerprint density at radius 1 is 1.44 bits per heavy atom. The molecule has 3 aromatic rings. The zero-order chi connectivity index (χ0) is 18.0. The largest absolute Gasteiger partial charge is 0.497 e. The summed E-state index contributed by atoms with van der Waals surface area (Å²) < 4.78 is 21.2. The van der Waals surface area contributed by atoms with E-state index in [1.165, 1.54) is 25.4 Å². The third-order valence-corrected chi connectivity index (χ3v) is 4.22. The number of hydrogen-bond acceptors (Lipinski definition) is 4. The molecule has 0 aliphatic heterocycles. The van der Waals surface area contributed by atoms with Crippen LogP contribution in [0.5, 0.6) is 5.75 Å². The van der Waals surface area contributed by atoms with Crippen molar-refractivity contribution in [1.82, 2.24) is 14.7 Å². The number of imidazole rings is 1. The first-order valence-corrected chi connectivity index (χ1v) is 8.20. The monoisotopic (exact) mass is 407 g/mol. The number of nitrogens with one attached hydrogen (secondary N) is 1. The second kappa shape index (κ2) is 7.20. The van der Waals surface area contributed by atoms with Crippen LogP contribution in [0, 0.1) is 5.82 Å². The first-order valence-electron chi connectivity index (χ1n) is 7.40. The van der Waals surface area contributed by atoms with E-state index in [0.29, 0.717) is 22.7 Å². The molecule has 25 heavy (non-hydrogen) atoms. The molecule has 0 fully saturated rings. The molecule has 2 aromatic heterocycles. The number of amides is 1. The SMILES string of the molecule is COc1cc(F)cc([C@@H](CO)NC(=O)c2cnc3cc(Br)ccn23)c1. The normalized spacial score (nSPS) is 12.2. The van der Waals surface area contributed by atoms with E-state index in [0.717, 1.165) is 4.47 Å². The highest BCUT2D eigenvalue weighted by molar-refractivity contribution is 9.10. The van der Waals surface area contributed by atoms with E-state index in [-0.39, 0.29) is 6.61 Å². The highest BCUT2D eigenvalue weighted by atomic mass is 79.9. The van der Waals surface area contributed by atoms with E-state index in [1.807, 2.05) is 0 Å². The molecule has 1 amide bonds. The summed E-state index contributed by atoms with van der Waals surface area (Å²) >= 11 is 3.35. The zero-order valence-electron chi connectivity index (χ0n) is 13.2. The molecule has 130 valence electrons. The third-order valence-electron chi connectivity index (χ3n) is 3.73. The average Bonchev–Trinajstić information content (AvgIpc) is 3.01. The van der Waals surface area contributed by atoms with Crippen molar-refractivity contribution < 1.29 is 19.0 Å². The van der Waals surface area contributed by atoms with Crippen molar-refractivity contribution in [3.8, 4) is 5.75 Å². The Balaban J connectivity index is 1.88. The lowest BCUT2D eigenvalue weighted by atomic mass is 10.1. The Hall–Kier alpha value is -2.45. The number of pyridine rings is 1. The topological polar surface area (TPSA) is 75.9 Å². The van der Waals surface area contributed by atoms with Crippen LogP contribution in [0.15, 0.2) is 47.2 Å². The number of halogens is 2. The summed E-state index contributed by atoms with van der Waals surface area (Å²) in [6.07, 6.45) is 3.15. The molecular weight excluding hydrogens is 393 g/mol. The van der Waals surface area contributed by atoms with Crippen molar-refractivity contribution in [2.75, 3.05) is 13.7 Å². The number of methoxy groups -OCH3 is 1. The van der Waals surface area contributed by atoms with Crippen molar-refractivity contribution in [2.45, 2.75) is 6.04 Å². The fraction of sp³-hybridized carbons (Fsp3) is 0.176. The lowest BCUT2D eigenvalue weighted by Crippen LogP contribution is -2.31. The van der Waals surface area contributed by atoms with E-state index >= 15 is 0 Å². The van der Waals surface area contributed by atoms with Gasteiger partial charge in [0.05, 0.1) is 26.0 Å². The molecule has 0 radical (unpaired) electrons. The summed E-state index contributed by atoms with van der Waals surface area (Å²) in [7, 11) is 1.42. The molecule has 3 rings (SSSR count). The Morgan fingerprint density at radius 2 is 2.24 bits per heavy atom. The Labute approximate surface area is 151 Å². The summed E-state index contributed by atoms with van der Waals surface area (Å²) in [5.74, 6) is -0.638. The molecule has 0 aliphatic carbocycles. The summed E-state index contributed by atoms with van der Waals surface area (Å²) in [6, 6.07) is 6.82. The number of fused-ring (bicyclic) bond motifs is 1. The Morgan fingerprint density at radius 3 is 2.96 bits per heavy atom. The van der Waals surface area contributed by atoms with Crippen molar-refractivity contribution >= 4 is 27.5 Å². The van der Waals surface area contributed by atoms with Crippen LogP contribution in [0.4, 0.5) is 4.39 Å². The van der Waals surface area contributed by atoms with Crippen LogP contribution in [0.1, 0.15) is 22.1 Å². The molecule has 1 atom stereocenters. The third kappa shape index (κ3) is 3.64. The number of aromatic nitrogens is 2. The van der Waals surface area contributed by atoms with Gasteiger partial charge in [0.1, 0.15) is 22.9 Å². The van der Waals surface area contributed by atoms with E-state index in [2.05, 4.69) is 26.2 Å². The van der Waals surface area contributed by atoms with Crippen molar-refractivity contribution in [1.29, 1.82) is 0 Å². The van der Waals surface area contributed by atoms with Gasteiger partial charge in [0, 0.05) is 16.7 Å². The van der Waals surface area contributed by atoms with Crippen LogP contribution in [-0.2, 0) is 0 Å². The van der Waals surface area contributed by atoms with E-state index in [1.54, 1.807) is 28.8 Å². The molecule has 2 N–H and O–H groups in total. The summed E-state index contributed by atoms with van der Waals surface area (Å²) in [5.41, 5.74) is 1.32. The van der Waals surface area contributed by atoms with Gasteiger partial charge in [-0.2, -0.15) is 0 Å². The van der Waals surface area contributed by atoms with Gasteiger partial charge in [-0.25, -0.2) is 9.37 Å². The molecule has 0 saturated carbocycles. The van der Waals surface area contributed by atoms with Gasteiger partial charge in [0.15, 0.2) is 0 Å². The first kappa shape index (κ1) is 17.4. The van der Waals surface area contributed by atoms with Crippen molar-refractivity contribution in [2.24, 2.45) is 0 Å². The second-order valence-electron chi connectivity index (χ2n) is 5.35. The average molecular weight is 408 g/mol. The molecule has 8 heteroatoms. The van der Waals surface area contributed by atoms with Gasteiger partial charge in [0.25, 0.3) is 5.91 Å². The number of hydrogen-bond donors (Lipinski definition) is 2. The maximum absolute atomic E-state index is 13.7. The smallest absolute Gasteiger partial charge is 0.270 e.